The molecule has 0 bridgehead atoms. The fourth-order valence-corrected chi connectivity index (χ4v) is 5.03. The van der Waals surface area contributed by atoms with Crippen molar-refractivity contribution in [1.82, 2.24) is 0 Å². The summed E-state index contributed by atoms with van der Waals surface area (Å²) in [5, 5.41) is 6.57. The smallest absolute Gasteiger partial charge is 0.341 e. The summed E-state index contributed by atoms with van der Waals surface area (Å²) >= 11 is 1.49. The second-order valence-corrected chi connectivity index (χ2v) is 8.35. The lowest BCUT2D eigenvalue weighted by molar-refractivity contribution is -0.114. The molecule has 0 fully saturated rings. The van der Waals surface area contributed by atoms with Gasteiger partial charge in [-0.15, -0.1) is 11.3 Å². The average molecular weight is 416 g/mol. The molecule has 1 amide bonds. The van der Waals surface area contributed by atoms with Gasteiger partial charge in [-0.05, 0) is 49.8 Å². The van der Waals surface area contributed by atoms with E-state index in [2.05, 4.69) is 17.6 Å². The summed E-state index contributed by atoms with van der Waals surface area (Å²) in [5.41, 5.74) is 2.31. The molecular weight excluding hydrogens is 392 g/mol. The first-order valence-electron chi connectivity index (χ1n) is 9.80. The van der Waals surface area contributed by atoms with Crippen molar-refractivity contribution in [3.63, 3.8) is 0 Å². The number of carbonyl (C=O) groups is 2. The third-order valence-corrected chi connectivity index (χ3v) is 6.24. The molecule has 2 aliphatic rings. The Bertz CT molecular complexity index is 939. The van der Waals surface area contributed by atoms with Crippen LogP contribution in [-0.2, 0) is 22.4 Å². The van der Waals surface area contributed by atoms with E-state index in [1.54, 1.807) is 19.1 Å². The average Bonchev–Trinajstić information content (AvgIpc) is 3.29. The molecule has 1 atom stereocenters. The molecule has 29 heavy (non-hydrogen) atoms. The monoisotopic (exact) mass is 416 g/mol. The Labute approximate surface area is 173 Å². The van der Waals surface area contributed by atoms with Crippen LogP contribution >= 0.6 is 11.3 Å². The van der Waals surface area contributed by atoms with Gasteiger partial charge in [-0.1, -0.05) is 6.92 Å². The Morgan fingerprint density at radius 1 is 1.28 bits per heavy atom. The van der Waals surface area contributed by atoms with Crippen LogP contribution in [0.25, 0.3) is 0 Å². The number of ether oxygens (including phenoxy) is 3. The maximum Gasteiger partial charge on any atom is 0.341 e. The van der Waals surface area contributed by atoms with Gasteiger partial charge in [0, 0.05) is 16.6 Å². The molecule has 2 aromatic rings. The van der Waals surface area contributed by atoms with Crippen molar-refractivity contribution in [1.29, 1.82) is 0 Å². The van der Waals surface area contributed by atoms with Crippen molar-refractivity contribution in [2.45, 2.75) is 33.1 Å². The summed E-state index contributed by atoms with van der Waals surface area (Å²) < 4.78 is 15.9. The number of anilines is 2. The van der Waals surface area contributed by atoms with Gasteiger partial charge in [0.25, 0.3) is 0 Å². The predicted octanol–water partition coefficient (Wildman–Crippen LogP) is 3.83. The third-order valence-electron chi connectivity index (χ3n) is 5.07. The highest BCUT2D eigenvalue weighted by atomic mass is 32.1. The van der Waals surface area contributed by atoms with Gasteiger partial charge in [0.1, 0.15) is 5.00 Å². The minimum atomic E-state index is -0.362. The molecule has 1 aliphatic heterocycles. The zero-order valence-electron chi connectivity index (χ0n) is 16.5. The first-order valence-corrected chi connectivity index (χ1v) is 10.6. The molecule has 2 N–H and O–H groups in total. The van der Waals surface area contributed by atoms with Crippen LogP contribution in [0.4, 0.5) is 10.7 Å². The van der Waals surface area contributed by atoms with Crippen LogP contribution < -0.4 is 20.1 Å². The van der Waals surface area contributed by atoms with Crippen LogP contribution in [0.15, 0.2) is 18.2 Å². The summed E-state index contributed by atoms with van der Waals surface area (Å²) in [6, 6.07) is 5.43. The maximum atomic E-state index is 12.6. The van der Waals surface area contributed by atoms with Crippen LogP contribution in [0.5, 0.6) is 11.5 Å². The van der Waals surface area contributed by atoms with Gasteiger partial charge in [-0.2, -0.15) is 0 Å². The zero-order valence-corrected chi connectivity index (χ0v) is 17.3. The highest BCUT2D eigenvalue weighted by molar-refractivity contribution is 7.17. The first kappa shape index (κ1) is 19.6. The van der Waals surface area contributed by atoms with E-state index in [9.17, 15) is 9.59 Å². The van der Waals surface area contributed by atoms with Crippen LogP contribution in [0.1, 0.15) is 41.1 Å². The molecule has 1 aliphatic carbocycles. The molecular formula is C21H24N2O5S. The molecule has 0 unspecified atom stereocenters. The molecule has 1 aromatic heterocycles. The van der Waals surface area contributed by atoms with E-state index in [0.717, 1.165) is 30.5 Å². The van der Waals surface area contributed by atoms with Crippen molar-refractivity contribution in [3.8, 4) is 11.5 Å². The van der Waals surface area contributed by atoms with Gasteiger partial charge in [0.2, 0.25) is 12.7 Å². The number of hydrogen-bond acceptors (Lipinski definition) is 7. The number of carbonyl (C=O) groups excluding carboxylic acids is 2. The molecule has 0 spiro atoms. The molecule has 0 radical (unpaired) electrons. The number of amides is 1. The number of esters is 1. The Morgan fingerprint density at radius 3 is 2.93 bits per heavy atom. The van der Waals surface area contributed by atoms with Gasteiger partial charge in [0.15, 0.2) is 11.5 Å². The van der Waals surface area contributed by atoms with Crippen molar-refractivity contribution in [2.75, 3.05) is 30.6 Å². The van der Waals surface area contributed by atoms with Crippen molar-refractivity contribution < 1.29 is 23.8 Å². The molecule has 8 heteroatoms. The molecule has 1 aromatic carbocycles. The third kappa shape index (κ3) is 4.17. The van der Waals surface area contributed by atoms with Gasteiger partial charge >= 0.3 is 5.97 Å². The zero-order chi connectivity index (χ0) is 20.4. The second-order valence-electron chi connectivity index (χ2n) is 7.25. The largest absolute Gasteiger partial charge is 0.462 e. The fourth-order valence-electron chi connectivity index (χ4n) is 3.62. The number of rotatable bonds is 6. The van der Waals surface area contributed by atoms with Crippen LogP contribution in [0.2, 0.25) is 0 Å². The summed E-state index contributed by atoms with van der Waals surface area (Å²) in [6.45, 7) is 4.57. The van der Waals surface area contributed by atoms with Crippen LogP contribution in [0.3, 0.4) is 0 Å². The van der Waals surface area contributed by atoms with Gasteiger partial charge in [0.05, 0.1) is 18.7 Å². The predicted molar refractivity (Wildman–Crippen MR) is 111 cm³/mol. The van der Waals surface area contributed by atoms with Crippen molar-refractivity contribution >= 4 is 33.9 Å². The Balaban J connectivity index is 1.46. The SMILES string of the molecule is CCOC(=O)c1c(NC(=O)CNc2ccc3c(c2)OCO3)sc2c1CC[C@H](C)C2. The molecule has 0 saturated carbocycles. The summed E-state index contributed by atoms with van der Waals surface area (Å²) in [4.78, 5) is 26.3. The normalized spacial score (nSPS) is 16.8. The second kappa shape index (κ2) is 8.32. The topological polar surface area (TPSA) is 85.9 Å². The van der Waals surface area contributed by atoms with Gasteiger partial charge in [-0.3, -0.25) is 4.79 Å². The first-order chi connectivity index (χ1) is 14.0. The number of thiophene rings is 1. The Morgan fingerprint density at radius 2 is 2.10 bits per heavy atom. The van der Waals surface area contributed by atoms with E-state index in [0.29, 0.717) is 34.6 Å². The Hall–Kier alpha value is -2.74. The summed E-state index contributed by atoms with van der Waals surface area (Å²) in [7, 11) is 0. The lowest BCUT2D eigenvalue weighted by Gasteiger charge is -2.18. The lowest BCUT2D eigenvalue weighted by Crippen LogP contribution is -2.22. The lowest BCUT2D eigenvalue weighted by atomic mass is 9.88. The summed E-state index contributed by atoms with van der Waals surface area (Å²) in [6.07, 6.45) is 2.80. The molecule has 2 heterocycles. The van der Waals surface area contributed by atoms with Crippen LogP contribution in [0, 0.1) is 5.92 Å². The van der Waals surface area contributed by atoms with E-state index < -0.39 is 0 Å². The van der Waals surface area contributed by atoms with Crippen molar-refractivity contribution in [3.05, 3.63) is 34.2 Å². The van der Waals surface area contributed by atoms with E-state index in [1.165, 1.54) is 16.2 Å². The standard InChI is InChI=1S/C21H24N2O5S/c1-3-26-21(25)19-14-6-4-12(2)8-17(14)29-20(19)23-18(24)10-22-13-5-7-15-16(9-13)28-11-27-15/h5,7,9,12,22H,3-4,6,8,10-11H2,1-2H3,(H,23,24)/t12-/m0/s1. The van der Waals surface area contributed by atoms with E-state index in [1.807, 2.05) is 6.07 Å². The summed E-state index contributed by atoms with van der Waals surface area (Å²) in [5.74, 6) is 1.34. The highest BCUT2D eigenvalue weighted by Gasteiger charge is 2.29. The number of nitrogens with one attached hydrogen (secondary N) is 2. The minimum absolute atomic E-state index is 0.0703. The van der Waals surface area contributed by atoms with Crippen LogP contribution in [-0.4, -0.2) is 31.8 Å². The molecule has 4 rings (SSSR count). The number of fused-ring (bicyclic) bond motifs is 2. The maximum absolute atomic E-state index is 12.6. The number of benzene rings is 1. The minimum Gasteiger partial charge on any atom is -0.462 e. The fraction of sp³-hybridized carbons (Fsp3) is 0.429. The van der Waals surface area contributed by atoms with E-state index in [4.69, 9.17) is 14.2 Å². The molecule has 154 valence electrons. The van der Waals surface area contributed by atoms with Crippen molar-refractivity contribution in [2.24, 2.45) is 5.92 Å². The molecule has 7 nitrogen and oxygen atoms in total. The number of hydrogen-bond donors (Lipinski definition) is 2. The van der Waals surface area contributed by atoms with Gasteiger partial charge < -0.3 is 24.8 Å². The van der Waals surface area contributed by atoms with Gasteiger partial charge in [-0.25, -0.2) is 4.79 Å². The highest BCUT2D eigenvalue weighted by Crippen LogP contribution is 2.40. The molecule has 0 saturated heterocycles. The van der Waals surface area contributed by atoms with E-state index in [-0.39, 0.29) is 25.2 Å². The quantitative estimate of drug-likeness (QED) is 0.696. The Kier molecular flexibility index (Phi) is 5.62. The van der Waals surface area contributed by atoms with E-state index >= 15 is 0 Å².